The van der Waals surface area contributed by atoms with Gasteiger partial charge in [0, 0.05) is 30.8 Å². The first kappa shape index (κ1) is 14.7. The van der Waals surface area contributed by atoms with Crippen LogP contribution in [0.1, 0.15) is 19.8 Å². The molecule has 20 heavy (non-hydrogen) atoms. The van der Waals surface area contributed by atoms with Crippen molar-refractivity contribution in [3.63, 3.8) is 0 Å². The van der Waals surface area contributed by atoms with Gasteiger partial charge in [-0.25, -0.2) is 0 Å². The lowest BCUT2D eigenvalue weighted by atomic mass is 10.0. The Morgan fingerprint density at radius 2 is 2.40 bits per heavy atom. The molecule has 1 fully saturated rings. The molecular weight excluding hydrogens is 256 g/mol. The van der Waals surface area contributed by atoms with Gasteiger partial charge in [0.25, 0.3) is 0 Å². The van der Waals surface area contributed by atoms with Gasteiger partial charge in [0.15, 0.2) is 0 Å². The maximum Gasteiger partial charge on any atom is 0.223 e. The van der Waals surface area contributed by atoms with E-state index in [1.807, 2.05) is 19.1 Å². The lowest BCUT2D eigenvalue weighted by Crippen LogP contribution is -2.32. The molecular formula is C15H22N2O3. The first-order valence-electron chi connectivity index (χ1n) is 7.02. The molecule has 0 aromatic heterocycles. The van der Waals surface area contributed by atoms with Crippen LogP contribution in [0.4, 0.5) is 5.69 Å². The number of rotatable bonds is 6. The van der Waals surface area contributed by atoms with E-state index in [4.69, 9.17) is 15.2 Å². The van der Waals surface area contributed by atoms with Crippen LogP contribution < -0.4 is 15.8 Å². The summed E-state index contributed by atoms with van der Waals surface area (Å²) in [4.78, 5) is 11.7. The van der Waals surface area contributed by atoms with Gasteiger partial charge in [-0.05, 0) is 25.5 Å². The highest BCUT2D eigenvalue weighted by Gasteiger charge is 2.24. The van der Waals surface area contributed by atoms with Gasteiger partial charge < -0.3 is 20.5 Å². The van der Waals surface area contributed by atoms with Gasteiger partial charge in [-0.2, -0.15) is 0 Å². The summed E-state index contributed by atoms with van der Waals surface area (Å²) < 4.78 is 10.9. The van der Waals surface area contributed by atoms with E-state index in [1.165, 1.54) is 0 Å². The standard InChI is InChI=1S/C15H22N2O3/c1-11-12(5-7-19-11)10-17-15(18)6-8-20-14-4-2-3-13(16)9-14/h2-4,9,11-12H,5-8,10,16H2,1H3,(H,17,18). The van der Waals surface area contributed by atoms with Crippen LogP contribution in [0.25, 0.3) is 0 Å². The average Bonchev–Trinajstić information content (AvgIpc) is 2.82. The number of nitrogen functional groups attached to an aromatic ring is 1. The Balaban J connectivity index is 1.63. The van der Waals surface area contributed by atoms with Gasteiger partial charge in [0.05, 0.1) is 19.1 Å². The number of benzene rings is 1. The Hall–Kier alpha value is -1.75. The van der Waals surface area contributed by atoms with Crippen LogP contribution in [-0.4, -0.2) is 31.8 Å². The molecule has 1 saturated heterocycles. The summed E-state index contributed by atoms with van der Waals surface area (Å²) in [6.07, 6.45) is 1.59. The Kier molecular flexibility index (Phi) is 5.24. The maximum absolute atomic E-state index is 11.7. The van der Waals surface area contributed by atoms with E-state index in [9.17, 15) is 4.79 Å². The van der Waals surface area contributed by atoms with Crippen LogP contribution in [0.15, 0.2) is 24.3 Å². The van der Waals surface area contributed by atoms with Gasteiger partial charge in [0.1, 0.15) is 5.75 Å². The largest absolute Gasteiger partial charge is 0.493 e. The van der Waals surface area contributed by atoms with E-state index in [2.05, 4.69) is 5.32 Å². The molecule has 0 radical (unpaired) electrons. The van der Waals surface area contributed by atoms with E-state index in [1.54, 1.807) is 12.1 Å². The minimum absolute atomic E-state index is 0.00741. The second-order valence-electron chi connectivity index (χ2n) is 5.10. The van der Waals surface area contributed by atoms with Gasteiger partial charge >= 0.3 is 0 Å². The van der Waals surface area contributed by atoms with E-state index >= 15 is 0 Å². The van der Waals surface area contributed by atoms with Crippen molar-refractivity contribution in [2.24, 2.45) is 5.92 Å². The van der Waals surface area contributed by atoms with Crippen LogP contribution in [0.5, 0.6) is 5.75 Å². The summed E-state index contributed by atoms with van der Waals surface area (Å²) in [6.45, 7) is 3.87. The predicted molar refractivity (Wildman–Crippen MR) is 77.5 cm³/mol. The van der Waals surface area contributed by atoms with Crippen LogP contribution in [0, 0.1) is 5.92 Å². The zero-order valence-electron chi connectivity index (χ0n) is 11.8. The molecule has 1 aliphatic heterocycles. The number of ether oxygens (including phenoxy) is 2. The normalized spacial score (nSPS) is 21.6. The molecule has 2 unspecified atom stereocenters. The van der Waals surface area contributed by atoms with Gasteiger partial charge in [-0.3, -0.25) is 4.79 Å². The number of amides is 1. The highest BCUT2D eigenvalue weighted by Crippen LogP contribution is 2.19. The Morgan fingerprint density at radius 1 is 1.55 bits per heavy atom. The monoisotopic (exact) mass is 278 g/mol. The Labute approximate surface area is 119 Å². The molecule has 3 N–H and O–H groups in total. The molecule has 1 heterocycles. The summed E-state index contributed by atoms with van der Waals surface area (Å²) in [7, 11) is 0. The van der Waals surface area contributed by atoms with Crippen molar-refractivity contribution in [1.82, 2.24) is 5.32 Å². The molecule has 2 rings (SSSR count). The third-order valence-corrected chi connectivity index (χ3v) is 3.55. The molecule has 5 nitrogen and oxygen atoms in total. The van der Waals surface area contributed by atoms with Crippen molar-refractivity contribution < 1.29 is 14.3 Å². The van der Waals surface area contributed by atoms with E-state index < -0.39 is 0 Å². The molecule has 0 bridgehead atoms. The summed E-state index contributed by atoms with van der Waals surface area (Å²) in [6, 6.07) is 7.19. The Bertz CT molecular complexity index is 450. The van der Waals surface area contributed by atoms with Crippen molar-refractivity contribution in [2.45, 2.75) is 25.9 Å². The summed E-state index contributed by atoms with van der Waals surface area (Å²) in [5.74, 6) is 1.12. The lowest BCUT2D eigenvalue weighted by molar-refractivity contribution is -0.121. The molecule has 110 valence electrons. The van der Waals surface area contributed by atoms with Gasteiger partial charge in [-0.1, -0.05) is 6.07 Å². The minimum atomic E-state index is 0.00741. The second kappa shape index (κ2) is 7.14. The van der Waals surface area contributed by atoms with Gasteiger partial charge in [0.2, 0.25) is 5.91 Å². The van der Waals surface area contributed by atoms with Gasteiger partial charge in [-0.15, -0.1) is 0 Å². The van der Waals surface area contributed by atoms with Crippen LogP contribution in [-0.2, 0) is 9.53 Å². The zero-order chi connectivity index (χ0) is 14.4. The molecule has 1 aromatic carbocycles. The summed E-state index contributed by atoms with van der Waals surface area (Å²) >= 11 is 0. The number of nitrogens with two attached hydrogens (primary N) is 1. The number of anilines is 1. The molecule has 1 amide bonds. The first-order valence-corrected chi connectivity index (χ1v) is 7.02. The summed E-state index contributed by atoms with van der Waals surface area (Å²) in [5, 5.41) is 2.93. The average molecular weight is 278 g/mol. The fourth-order valence-corrected chi connectivity index (χ4v) is 2.24. The van der Waals surface area contributed by atoms with Crippen molar-refractivity contribution in [3.8, 4) is 5.75 Å². The third kappa shape index (κ3) is 4.42. The van der Waals surface area contributed by atoms with Crippen LogP contribution >= 0.6 is 0 Å². The number of carbonyl (C=O) groups excluding carboxylic acids is 1. The number of nitrogens with one attached hydrogen (secondary N) is 1. The SMILES string of the molecule is CC1OCCC1CNC(=O)CCOc1cccc(N)c1. The van der Waals surface area contributed by atoms with E-state index in [0.29, 0.717) is 36.9 Å². The quantitative estimate of drug-likeness (QED) is 0.775. The molecule has 1 aliphatic rings. The molecule has 0 spiro atoms. The van der Waals surface area contributed by atoms with Crippen molar-refractivity contribution in [2.75, 3.05) is 25.5 Å². The topological polar surface area (TPSA) is 73.6 Å². The van der Waals surface area contributed by atoms with Crippen LogP contribution in [0.2, 0.25) is 0 Å². The number of hydrogen-bond acceptors (Lipinski definition) is 4. The molecule has 5 heteroatoms. The molecule has 1 aromatic rings. The van der Waals surface area contributed by atoms with E-state index in [-0.39, 0.29) is 12.0 Å². The number of carbonyl (C=O) groups is 1. The second-order valence-corrected chi connectivity index (χ2v) is 5.10. The van der Waals surface area contributed by atoms with E-state index in [0.717, 1.165) is 13.0 Å². The third-order valence-electron chi connectivity index (χ3n) is 3.55. The molecule has 0 saturated carbocycles. The lowest BCUT2D eigenvalue weighted by Gasteiger charge is -2.14. The minimum Gasteiger partial charge on any atom is -0.493 e. The Morgan fingerprint density at radius 3 is 3.10 bits per heavy atom. The summed E-state index contributed by atoms with van der Waals surface area (Å²) in [5.41, 5.74) is 6.30. The van der Waals surface area contributed by atoms with Crippen molar-refractivity contribution >= 4 is 11.6 Å². The smallest absolute Gasteiger partial charge is 0.223 e. The maximum atomic E-state index is 11.7. The van der Waals surface area contributed by atoms with Crippen molar-refractivity contribution in [3.05, 3.63) is 24.3 Å². The fraction of sp³-hybridized carbons (Fsp3) is 0.533. The molecule has 0 aliphatic carbocycles. The number of hydrogen-bond donors (Lipinski definition) is 2. The highest BCUT2D eigenvalue weighted by molar-refractivity contribution is 5.76. The zero-order valence-corrected chi connectivity index (χ0v) is 11.8. The van der Waals surface area contributed by atoms with Crippen molar-refractivity contribution in [1.29, 1.82) is 0 Å². The predicted octanol–water partition coefficient (Wildman–Crippen LogP) is 1.58. The fourth-order valence-electron chi connectivity index (χ4n) is 2.24. The highest BCUT2D eigenvalue weighted by atomic mass is 16.5. The van der Waals surface area contributed by atoms with Crippen LogP contribution in [0.3, 0.4) is 0 Å². The first-order chi connectivity index (χ1) is 9.65. The molecule has 2 atom stereocenters.